The number of rotatable bonds is 7. The minimum atomic E-state index is 0.320. The van der Waals surface area contributed by atoms with Crippen LogP contribution in [-0.4, -0.2) is 37.6 Å². The quantitative estimate of drug-likeness (QED) is 0.613. The van der Waals surface area contributed by atoms with Gasteiger partial charge in [0.15, 0.2) is 0 Å². The van der Waals surface area contributed by atoms with E-state index in [0.29, 0.717) is 5.54 Å². The summed E-state index contributed by atoms with van der Waals surface area (Å²) in [5.41, 5.74) is 0.320. The normalized spacial score (nSPS) is 12.5. The Morgan fingerprint density at radius 3 is 2.31 bits per heavy atom. The molecule has 0 aromatic heterocycles. The summed E-state index contributed by atoms with van der Waals surface area (Å²) in [6, 6.07) is 0. The molecule has 0 bridgehead atoms. The molecule has 80 valence electrons. The Kier molecular flexibility index (Phi) is 6.35. The highest BCUT2D eigenvalue weighted by atomic mass is 15.1. The first-order chi connectivity index (χ1) is 5.98. The Balaban J connectivity index is 3.40. The van der Waals surface area contributed by atoms with E-state index in [0.717, 1.165) is 6.54 Å². The first kappa shape index (κ1) is 12.9. The fraction of sp³-hybridized carbons (Fsp3) is 1.00. The average Bonchev–Trinajstić information content (AvgIpc) is 1.98. The van der Waals surface area contributed by atoms with Crippen LogP contribution in [0.15, 0.2) is 0 Å². The monoisotopic (exact) mass is 186 g/mol. The molecule has 0 aliphatic rings. The third kappa shape index (κ3) is 8.26. The molecule has 0 saturated carbocycles. The molecule has 0 fully saturated rings. The third-order valence-electron chi connectivity index (χ3n) is 2.26. The molecule has 0 aliphatic carbocycles. The maximum absolute atomic E-state index is 3.59. The second kappa shape index (κ2) is 6.39. The van der Waals surface area contributed by atoms with E-state index in [1.54, 1.807) is 0 Å². The molecule has 0 aromatic carbocycles. The third-order valence-corrected chi connectivity index (χ3v) is 2.26. The molecule has 0 aromatic rings. The first-order valence-electron chi connectivity index (χ1n) is 5.37. The van der Waals surface area contributed by atoms with Gasteiger partial charge in [-0.15, -0.1) is 0 Å². The van der Waals surface area contributed by atoms with Crippen LogP contribution in [0.2, 0.25) is 0 Å². The minimum absolute atomic E-state index is 0.320. The maximum atomic E-state index is 3.59. The molecule has 0 heterocycles. The molecule has 1 N–H and O–H groups in total. The van der Waals surface area contributed by atoms with E-state index >= 15 is 0 Å². The number of nitrogens with zero attached hydrogens (tertiary/aromatic N) is 1. The minimum Gasteiger partial charge on any atom is -0.312 e. The van der Waals surface area contributed by atoms with E-state index in [2.05, 4.69) is 45.1 Å². The van der Waals surface area contributed by atoms with Crippen LogP contribution in [0.5, 0.6) is 0 Å². The Hall–Kier alpha value is -0.0800. The molecular weight excluding hydrogens is 160 g/mol. The Labute approximate surface area is 83.7 Å². The van der Waals surface area contributed by atoms with Crippen LogP contribution in [0.25, 0.3) is 0 Å². The second-order valence-electron chi connectivity index (χ2n) is 4.72. The summed E-state index contributed by atoms with van der Waals surface area (Å²) < 4.78 is 0. The summed E-state index contributed by atoms with van der Waals surface area (Å²) >= 11 is 0. The van der Waals surface area contributed by atoms with E-state index in [9.17, 15) is 0 Å². The van der Waals surface area contributed by atoms with Crippen molar-refractivity contribution in [2.24, 2.45) is 0 Å². The Bertz CT molecular complexity index is 119. The van der Waals surface area contributed by atoms with Crippen LogP contribution in [-0.2, 0) is 0 Å². The van der Waals surface area contributed by atoms with Gasteiger partial charge in [0, 0.05) is 5.54 Å². The van der Waals surface area contributed by atoms with E-state index in [-0.39, 0.29) is 0 Å². The van der Waals surface area contributed by atoms with Crippen molar-refractivity contribution in [3.05, 3.63) is 0 Å². The topological polar surface area (TPSA) is 15.3 Å². The zero-order valence-corrected chi connectivity index (χ0v) is 9.98. The van der Waals surface area contributed by atoms with Gasteiger partial charge < -0.3 is 10.2 Å². The molecular formula is C11H26N2. The van der Waals surface area contributed by atoms with Crippen molar-refractivity contribution in [2.45, 2.75) is 45.6 Å². The molecule has 2 heteroatoms. The van der Waals surface area contributed by atoms with Crippen LogP contribution < -0.4 is 5.32 Å². The SMILES string of the molecule is CCCC(C)(C)NCCCN(C)C. The van der Waals surface area contributed by atoms with Gasteiger partial charge in [-0.05, 0) is 53.9 Å². The molecule has 0 saturated heterocycles. The summed E-state index contributed by atoms with van der Waals surface area (Å²) in [7, 11) is 4.24. The standard InChI is InChI=1S/C11H26N2/c1-6-8-11(2,3)12-9-7-10-13(4)5/h12H,6-10H2,1-5H3. The molecule has 0 amide bonds. The average molecular weight is 186 g/mol. The van der Waals surface area contributed by atoms with Crippen LogP contribution >= 0.6 is 0 Å². The molecule has 0 atom stereocenters. The molecule has 0 spiro atoms. The van der Waals surface area contributed by atoms with Gasteiger partial charge in [-0.2, -0.15) is 0 Å². The van der Waals surface area contributed by atoms with E-state index in [4.69, 9.17) is 0 Å². The second-order valence-corrected chi connectivity index (χ2v) is 4.72. The van der Waals surface area contributed by atoms with Crippen molar-refractivity contribution in [1.82, 2.24) is 10.2 Å². The highest BCUT2D eigenvalue weighted by Crippen LogP contribution is 2.09. The Morgan fingerprint density at radius 2 is 1.85 bits per heavy atom. The summed E-state index contributed by atoms with van der Waals surface area (Å²) in [6.07, 6.45) is 3.75. The van der Waals surface area contributed by atoms with Gasteiger partial charge in [-0.25, -0.2) is 0 Å². The lowest BCUT2D eigenvalue weighted by Gasteiger charge is -2.26. The van der Waals surface area contributed by atoms with Gasteiger partial charge in [0.25, 0.3) is 0 Å². The zero-order chi connectivity index (χ0) is 10.3. The first-order valence-corrected chi connectivity index (χ1v) is 5.37. The number of nitrogens with one attached hydrogen (secondary N) is 1. The largest absolute Gasteiger partial charge is 0.312 e. The van der Waals surface area contributed by atoms with E-state index in [1.165, 1.54) is 25.8 Å². The van der Waals surface area contributed by atoms with Crippen LogP contribution in [0.4, 0.5) is 0 Å². The van der Waals surface area contributed by atoms with Crippen molar-refractivity contribution >= 4 is 0 Å². The van der Waals surface area contributed by atoms with E-state index < -0.39 is 0 Å². The Morgan fingerprint density at radius 1 is 1.23 bits per heavy atom. The van der Waals surface area contributed by atoms with Crippen molar-refractivity contribution in [3.8, 4) is 0 Å². The van der Waals surface area contributed by atoms with Gasteiger partial charge in [-0.1, -0.05) is 13.3 Å². The maximum Gasteiger partial charge on any atom is 0.0125 e. The van der Waals surface area contributed by atoms with Gasteiger partial charge in [-0.3, -0.25) is 0 Å². The number of hydrogen-bond acceptors (Lipinski definition) is 2. The smallest absolute Gasteiger partial charge is 0.0125 e. The molecule has 0 rings (SSSR count). The highest BCUT2D eigenvalue weighted by Gasteiger charge is 2.14. The molecule has 2 nitrogen and oxygen atoms in total. The molecule has 13 heavy (non-hydrogen) atoms. The lowest BCUT2D eigenvalue weighted by molar-refractivity contribution is 0.334. The van der Waals surface area contributed by atoms with Gasteiger partial charge in [0.2, 0.25) is 0 Å². The van der Waals surface area contributed by atoms with Crippen molar-refractivity contribution in [3.63, 3.8) is 0 Å². The summed E-state index contributed by atoms with van der Waals surface area (Å²) in [6.45, 7) is 9.11. The fourth-order valence-corrected chi connectivity index (χ4v) is 1.54. The lowest BCUT2D eigenvalue weighted by Crippen LogP contribution is -2.40. The highest BCUT2D eigenvalue weighted by molar-refractivity contribution is 4.76. The summed E-state index contributed by atoms with van der Waals surface area (Å²) in [5, 5.41) is 3.59. The molecule has 0 aliphatic heterocycles. The van der Waals surface area contributed by atoms with E-state index in [1.807, 2.05) is 0 Å². The summed E-state index contributed by atoms with van der Waals surface area (Å²) in [4.78, 5) is 2.23. The van der Waals surface area contributed by atoms with Crippen molar-refractivity contribution < 1.29 is 0 Å². The zero-order valence-electron chi connectivity index (χ0n) is 9.98. The fourth-order valence-electron chi connectivity index (χ4n) is 1.54. The molecule has 0 radical (unpaired) electrons. The predicted molar refractivity (Wildman–Crippen MR) is 60.2 cm³/mol. The van der Waals surface area contributed by atoms with Gasteiger partial charge in [0.05, 0.1) is 0 Å². The molecule has 0 unspecified atom stereocenters. The predicted octanol–water partition coefficient (Wildman–Crippen LogP) is 2.11. The van der Waals surface area contributed by atoms with Crippen molar-refractivity contribution in [2.75, 3.05) is 27.2 Å². The van der Waals surface area contributed by atoms with Gasteiger partial charge >= 0.3 is 0 Å². The van der Waals surface area contributed by atoms with Crippen LogP contribution in [0.3, 0.4) is 0 Å². The van der Waals surface area contributed by atoms with Gasteiger partial charge in [0.1, 0.15) is 0 Å². The number of hydrogen-bond donors (Lipinski definition) is 1. The van der Waals surface area contributed by atoms with Crippen molar-refractivity contribution in [1.29, 1.82) is 0 Å². The summed E-state index contributed by atoms with van der Waals surface area (Å²) in [5.74, 6) is 0. The lowest BCUT2D eigenvalue weighted by atomic mass is 9.99. The van der Waals surface area contributed by atoms with Crippen LogP contribution in [0, 0.1) is 0 Å². The van der Waals surface area contributed by atoms with Crippen LogP contribution in [0.1, 0.15) is 40.0 Å².